The van der Waals surface area contributed by atoms with Crippen LogP contribution in [0.2, 0.25) is 4.34 Å². The normalized spacial score (nSPS) is 22.3. The topological polar surface area (TPSA) is 76.2 Å². The number of morpholine rings is 1. The molecule has 29 heavy (non-hydrogen) atoms. The molecular weight excluding hydrogens is 416 g/mol. The van der Waals surface area contributed by atoms with Crippen LogP contribution in [-0.4, -0.2) is 50.1 Å². The van der Waals surface area contributed by atoms with Gasteiger partial charge < -0.3 is 14.4 Å². The number of Topliss-reactive ketones (excluding diaryl/α,β-unsaturated/α-hetero) is 1. The Balaban J connectivity index is 1.39. The second-order valence-corrected chi connectivity index (χ2v) is 8.29. The number of nitrogens with zero attached hydrogens (tertiary/aromatic N) is 2. The van der Waals surface area contributed by atoms with Gasteiger partial charge in [0.15, 0.2) is 5.78 Å². The Morgan fingerprint density at radius 3 is 2.55 bits per heavy atom. The summed E-state index contributed by atoms with van der Waals surface area (Å²) in [5.41, 5.74) is 0.945. The summed E-state index contributed by atoms with van der Waals surface area (Å²) in [5, 5.41) is 0. The van der Waals surface area contributed by atoms with Gasteiger partial charge in [-0.25, -0.2) is 4.79 Å². The Hall–Kier alpha value is -2.42. The van der Waals surface area contributed by atoms with Crippen molar-refractivity contribution in [1.29, 1.82) is 0 Å². The molecule has 152 valence electrons. The Kier molecular flexibility index (Phi) is 5.13. The van der Waals surface area contributed by atoms with Gasteiger partial charge >= 0.3 is 6.09 Å². The standard InChI is InChI=1S/C20H19ClN2O5S/c21-18-8-7-17(29-18)16(24)6-5-15-11-23(20(26)28-15)14-3-1-13(2-4-14)22-9-10-27-12-19(22)25/h1-4,7-8,15H,5-6,9-12H2/t15-/m0/s1/i9D2. The van der Waals surface area contributed by atoms with Gasteiger partial charge in [-0.3, -0.25) is 14.5 Å². The first-order valence-electron chi connectivity index (χ1n) is 10.0. The molecule has 0 saturated carbocycles. The van der Waals surface area contributed by atoms with E-state index in [1.54, 1.807) is 36.4 Å². The largest absolute Gasteiger partial charge is 0.444 e. The number of carbonyl (C=O) groups is 3. The number of ketones is 1. The van der Waals surface area contributed by atoms with Gasteiger partial charge in [-0.05, 0) is 42.8 Å². The van der Waals surface area contributed by atoms with E-state index in [9.17, 15) is 14.4 Å². The molecule has 0 unspecified atom stereocenters. The minimum Gasteiger partial charge on any atom is -0.444 e. The Morgan fingerprint density at radius 2 is 1.90 bits per heavy atom. The van der Waals surface area contributed by atoms with Crippen LogP contribution >= 0.6 is 22.9 Å². The van der Waals surface area contributed by atoms with Gasteiger partial charge in [0.25, 0.3) is 5.91 Å². The third-order valence-electron chi connectivity index (χ3n) is 4.63. The molecular formula is C20H19ClN2O5S. The summed E-state index contributed by atoms with van der Waals surface area (Å²) in [6.45, 7) is -2.05. The van der Waals surface area contributed by atoms with Crippen LogP contribution in [0, 0.1) is 0 Å². The van der Waals surface area contributed by atoms with Gasteiger partial charge in [-0.2, -0.15) is 0 Å². The molecule has 0 aliphatic carbocycles. The Morgan fingerprint density at radius 1 is 1.17 bits per heavy atom. The zero-order valence-electron chi connectivity index (χ0n) is 17.3. The first kappa shape index (κ1) is 17.4. The number of rotatable bonds is 6. The number of hydrogen-bond donors (Lipinski definition) is 0. The molecule has 0 spiro atoms. The minimum absolute atomic E-state index is 0.0415. The lowest BCUT2D eigenvalue weighted by molar-refractivity contribution is -0.125. The van der Waals surface area contributed by atoms with Crippen LogP contribution in [0.25, 0.3) is 0 Å². The zero-order chi connectivity index (χ0) is 22.2. The highest BCUT2D eigenvalue weighted by Gasteiger charge is 2.32. The maximum Gasteiger partial charge on any atom is 0.414 e. The van der Waals surface area contributed by atoms with Crippen LogP contribution in [0.1, 0.15) is 25.3 Å². The van der Waals surface area contributed by atoms with Crippen molar-refractivity contribution in [1.82, 2.24) is 0 Å². The highest BCUT2D eigenvalue weighted by atomic mass is 35.5. The molecule has 2 saturated heterocycles. The fourth-order valence-electron chi connectivity index (χ4n) is 3.18. The summed E-state index contributed by atoms with van der Waals surface area (Å²) in [6.07, 6.45) is -0.281. The van der Waals surface area contributed by atoms with Crippen molar-refractivity contribution < 1.29 is 26.6 Å². The molecule has 9 heteroatoms. The molecule has 2 fully saturated rings. The van der Waals surface area contributed by atoms with Gasteiger partial charge in [0, 0.05) is 24.3 Å². The predicted molar refractivity (Wildman–Crippen MR) is 110 cm³/mol. The third-order valence-corrected chi connectivity index (χ3v) is 5.91. The van der Waals surface area contributed by atoms with Crippen molar-refractivity contribution in [3.63, 3.8) is 0 Å². The molecule has 2 amide bonds. The molecule has 1 aromatic carbocycles. The summed E-state index contributed by atoms with van der Waals surface area (Å²) >= 11 is 7.09. The van der Waals surface area contributed by atoms with E-state index in [1.165, 1.54) is 16.2 Å². The molecule has 7 nitrogen and oxygen atoms in total. The molecule has 2 aromatic rings. The fourth-order valence-corrected chi connectivity index (χ4v) is 4.19. The number of ether oxygens (including phenoxy) is 2. The summed E-state index contributed by atoms with van der Waals surface area (Å²) in [6, 6.07) is 9.80. The second kappa shape index (κ2) is 8.52. The lowest BCUT2D eigenvalue weighted by Crippen LogP contribution is -2.41. The van der Waals surface area contributed by atoms with Crippen molar-refractivity contribution in [2.24, 2.45) is 0 Å². The van der Waals surface area contributed by atoms with Crippen LogP contribution in [0.15, 0.2) is 36.4 Å². The van der Waals surface area contributed by atoms with Crippen molar-refractivity contribution in [3.8, 4) is 0 Å². The van der Waals surface area contributed by atoms with Crippen LogP contribution in [-0.2, 0) is 14.3 Å². The molecule has 3 heterocycles. The molecule has 4 rings (SSSR count). The van der Waals surface area contributed by atoms with E-state index < -0.39 is 24.6 Å². The summed E-state index contributed by atoms with van der Waals surface area (Å²) in [7, 11) is 0. The van der Waals surface area contributed by atoms with Crippen molar-refractivity contribution >= 4 is 52.1 Å². The molecule has 0 bridgehead atoms. The zero-order valence-corrected chi connectivity index (χ0v) is 16.9. The molecule has 1 aromatic heterocycles. The van der Waals surface area contributed by atoms with Crippen molar-refractivity contribution in [2.75, 3.05) is 36.1 Å². The average Bonchev–Trinajstić information content (AvgIpc) is 3.31. The minimum atomic E-state index is -1.95. The number of anilines is 2. The monoisotopic (exact) mass is 436 g/mol. The average molecular weight is 437 g/mol. The number of halogens is 1. The molecule has 2 aliphatic rings. The van der Waals surface area contributed by atoms with E-state index in [4.69, 9.17) is 23.8 Å². The summed E-state index contributed by atoms with van der Waals surface area (Å²) in [5.74, 6) is -0.512. The second-order valence-electron chi connectivity index (χ2n) is 6.58. The van der Waals surface area contributed by atoms with E-state index in [2.05, 4.69) is 0 Å². The van der Waals surface area contributed by atoms with E-state index in [0.29, 0.717) is 33.6 Å². The summed E-state index contributed by atoms with van der Waals surface area (Å²) in [4.78, 5) is 39.8. The van der Waals surface area contributed by atoms with Crippen molar-refractivity contribution in [3.05, 3.63) is 45.6 Å². The maximum absolute atomic E-state index is 12.3. The first-order valence-corrected chi connectivity index (χ1v) is 10.2. The maximum atomic E-state index is 12.3. The third kappa shape index (κ3) is 4.44. The van der Waals surface area contributed by atoms with E-state index >= 15 is 0 Å². The highest BCUT2D eigenvalue weighted by molar-refractivity contribution is 7.18. The van der Waals surface area contributed by atoms with E-state index in [0.717, 1.165) is 4.90 Å². The number of hydrogen-bond acceptors (Lipinski definition) is 6. The number of carbonyl (C=O) groups excluding carboxylic acids is 3. The van der Waals surface area contributed by atoms with Crippen LogP contribution in [0.4, 0.5) is 16.2 Å². The first-order chi connectivity index (χ1) is 14.7. The van der Waals surface area contributed by atoms with Crippen LogP contribution in [0.3, 0.4) is 0 Å². The Labute approximate surface area is 179 Å². The SMILES string of the molecule is [2H]C1([2H])COCC(=O)N1c1ccc(N2C[C@H](CCC(=O)c3ccc(Cl)s3)OC2=O)cc1. The van der Waals surface area contributed by atoms with Gasteiger partial charge in [0.2, 0.25) is 0 Å². The number of thiophene rings is 1. The van der Waals surface area contributed by atoms with E-state index in [-0.39, 0.29) is 25.4 Å². The predicted octanol–water partition coefficient (Wildman–Crippen LogP) is 3.75. The van der Waals surface area contributed by atoms with Gasteiger partial charge in [-0.1, -0.05) is 11.6 Å². The van der Waals surface area contributed by atoms with Gasteiger partial charge in [0.05, 0.1) is 25.1 Å². The lowest BCUT2D eigenvalue weighted by atomic mass is 10.1. The molecule has 0 radical (unpaired) electrons. The molecule has 1 atom stereocenters. The highest BCUT2D eigenvalue weighted by Crippen LogP contribution is 2.28. The summed E-state index contributed by atoms with van der Waals surface area (Å²) < 4.78 is 26.9. The van der Waals surface area contributed by atoms with Gasteiger partial charge in [0.1, 0.15) is 12.7 Å². The lowest BCUT2D eigenvalue weighted by Gasteiger charge is -2.27. The van der Waals surface area contributed by atoms with E-state index in [1.807, 2.05) is 0 Å². The van der Waals surface area contributed by atoms with Crippen molar-refractivity contribution in [2.45, 2.75) is 18.9 Å². The molecule has 0 N–H and O–H groups in total. The smallest absolute Gasteiger partial charge is 0.414 e. The quantitative estimate of drug-likeness (QED) is 0.644. The Bertz CT molecular complexity index is 1010. The fraction of sp³-hybridized carbons (Fsp3) is 0.350. The van der Waals surface area contributed by atoms with Crippen LogP contribution < -0.4 is 9.80 Å². The van der Waals surface area contributed by atoms with Gasteiger partial charge in [-0.15, -0.1) is 11.3 Å². The number of amides is 2. The molecule has 2 aliphatic heterocycles. The van der Waals surface area contributed by atoms with Crippen LogP contribution in [0.5, 0.6) is 0 Å². The number of cyclic esters (lactones) is 1. The number of benzene rings is 1.